The van der Waals surface area contributed by atoms with E-state index in [9.17, 15) is 13.2 Å². The quantitative estimate of drug-likeness (QED) is 0.352. The largest absolute Gasteiger partial charge is 0.331 e. The molecule has 0 saturated heterocycles. The molecule has 0 amide bonds. The van der Waals surface area contributed by atoms with Crippen LogP contribution in [-0.2, 0) is 10.0 Å². The van der Waals surface area contributed by atoms with Gasteiger partial charge >= 0.3 is 0 Å². The van der Waals surface area contributed by atoms with E-state index in [1.807, 2.05) is 25.1 Å². The molecule has 32 heavy (non-hydrogen) atoms. The Morgan fingerprint density at radius 3 is 2.31 bits per heavy atom. The number of nitrogens with one attached hydrogen (secondary N) is 2. The van der Waals surface area contributed by atoms with Crippen LogP contribution >= 0.6 is 11.3 Å². The summed E-state index contributed by atoms with van der Waals surface area (Å²) in [5.41, 5.74) is 3.30. The third-order valence-corrected chi connectivity index (χ3v) is 7.32. The molecule has 4 rings (SSSR count). The summed E-state index contributed by atoms with van der Waals surface area (Å²) in [5.74, 6) is -0.0756. The summed E-state index contributed by atoms with van der Waals surface area (Å²) in [6.07, 6.45) is 1.55. The fourth-order valence-electron chi connectivity index (χ4n) is 3.25. The highest BCUT2D eigenvalue weighted by Gasteiger charge is 2.17. The van der Waals surface area contributed by atoms with E-state index in [0.717, 1.165) is 5.56 Å². The van der Waals surface area contributed by atoms with Gasteiger partial charge in [-0.25, -0.2) is 13.4 Å². The van der Waals surface area contributed by atoms with Crippen molar-refractivity contribution in [3.63, 3.8) is 0 Å². The van der Waals surface area contributed by atoms with Gasteiger partial charge in [0.1, 0.15) is 0 Å². The average Bonchev–Trinajstić information content (AvgIpc) is 3.22. The number of carbonyl (C=O) groups is 1. The van der Waals surface area contributed by atoms with Crippen molar-refractivity contribution < 1.29 is 13.2 Å². The predicted molar refractivity (Wildman–Crippen MR) is 128 cm³/mol. The number of sulfonamides is 1. The van der Waals surface area contributed by atoms with Gasteiger partial charge in [-0.1, -0.05) is 59.9 Å². The molecule has 0 spiro atoms. The van der Waals surface area contributed by atoms with Crippen LogP contribution in [0.25, 0.3) is 0 Å². The van der Waals surface area contributed by atoms with E-state index in [1.54, 1.807) is 67.7 Å². The average molecular weight is 464 g/mol. The van der Waals surface area contributed by atoms with Crippen LogP contribution in [0.5, 0.6) is 0 Å². The van der Waals surface area contributed by atoms with Gasteiger partial charge in [0.05, 0.1) is 21.7 Å². The zero-order valence-electron chi connectivity index (χ0n) is 17.5. The molecule has 8 heteroatoms. The lowest BCUT2D eigenvalue weighted by Crippen LogP contribution is -2.14. The highest BCUT2D eigenvalue weighted by atomic mass is 32.2. The Morgan fingerprint density at radius 2 is 1.56 bits per heavy atom. The Morgan fingerprint density at radius 1 is 0.875 bits per heavy atom. The van der Waals surface area contributed by atoms with Gasteiger partial charge in [0, 0.05) is 11.3 Å². The summed E-state index contributed by atoms with van der Waals surface area (Å²) in [6.45, 7) is 3.65. The number of carbonyl (C=O) groups excluding carboxylic acids is 1. The third-order valence-electron chi connectivity index (χ3n) is 4.87. The van der Waals surface area contributed by atoms with E-state index in [2.05, 4.69) is 15.0 Å². The Balaban J connectivity index is 1.51. The molecule has 0 aliphatic carbocycles. The molecule has 0 aliphatic heterocycles. The van der Waals surface area contributed by atoms with E-state index in [0.29, 0.717) is 32.5 Å². The molecule has 0 atom stereocenters. The summed E-state index contributed by atoms with van der Waals surface area (Å²) in [5, 5.41) is 3.69. The molecule has 0 bridgehead atoms. The number of hydrogen-bond donors (Lipinski definition) is 2. The molecule has 6 nitrogen and oxygen atoms in total. The number of thiazole rings is 1. The number of hydrogen-bond acceptors (Lipinski definition) is 6. The second-order valence-electron chi connectivity index (χ2n) is 7.25. The molecule has 0 saturated carbocycles. The second-order valence-corrected chi connectivity index (χ2v) is 9.93. The van der Waals surface area contributed by atoms with Crippen molar-refractivity contribution in [2.24, 2.45) is 0 Å². The topological polar surface area (TPSA) is 88.2 Å². The maximum absolute atomic E-state index is 12.8. The lowest BCUT2D eigenvalue weighted by atomic mass is 10.0. The van der Waals surface area contributed by atoms with E-state index >= 15 is 0 Å². The fraction of sp³-hybridized carbons (Fsp3) is 0.0833. The molecule has 162 valence electrons. The molecule has 0 radical (unpaired) electrons. The molecule has 1 heterocycles. The molecular weight excluding hydrogens is 442 g/mol. The first-order valence-electron chi connectivity index (χ1n) is 9.85. The Hall–Kier alpha value is -3.49. The van der Waals surface area contributed by atoms with Gasteiger partial charge in [-0.3, -0.25) is 9.52 Å². The molecule has 3 aromatic carbocycles. The molecule has 0 aliphatic rings. The zero-order valence-corrected chi connectivity index (χ0v) is 19.1. The highest BCUT2D eigenvalue weighted by Crippen LogP contribution is 2.27. The maximum Gasteiger partial charge on any atom is 0.262 e. The highest BCUT2D eigenvalue weighted by molar-refractivity contribution is 7.92. The third kappa shape index (κ3) is 4.71. The number of rotatable bonds is 7. The van der Waals surface area contributed by atoms with Gasteiger partial charge in [0.25, 0.3) is 10.0 Å². The monoisotopic (exact) mass is 463 g/mol. The summed E-state index contributed by atoms with van der Waals surface area (Å²) >= 11 is 1.25. The van der Waals surface area contributed by atoms with Crippen LogP contribution in [0, 0.1) is 13.8 Å². The summed E-state index contributed by atoms with van der Waals surface area (Å²) in [4.78, 5) is 17.8. The van der Waals surface area contributed by atoms with Crippen LogP contribution < -0.4 is 10.0 Å². The molecule has 4 aromatic rings. The Labute approximate surface area is 191 Å². The Bertz CT molecular complexity index is 1390. The van der Waals surface area contributed by atoms with Gasteiger partial charge in [-0.15, -0.1) is 0 Å². The SMILES string of the molecule is Cc1ccccc1C(=O)c1cnc(Nc2cccc(NS(=O)(=O)c3ccccc3C)c2)s1. The van der Waals surface area contributed by atoms with Crippen molar-refractivity contribution in [3.05, 3.63) is 101 Å². The van der Waals surface area contributed by atoms with Crippen LogP contribution in [0.3, 0.4) is 0 Å². The van der Waals surface area contributed by atoms with Crippen LogP contribution in [0.4, 0.5) is 16.5 Å². The number of anilines is 3. The van der Waals surface area contributed by atoms with Gasteiger partial charge in [-0.2, -0.15) is 0 Å². The first-order chi connectivity index (χ1) is 15.3. The smallest absolute Gasteiger partial charge is 0.262 e. The van der Waals surface area contributed by atoms with E-state index in [1.165, 1.54) is 11.3 Å². The van der Waals surface area contributed by atoms with E-state index < -0.39 is 10.0 Å². The van der Waals surface area contributed by atoms with Crippen molar-refractivity contribution in [2.45, 2.75) is 18.7 Å². The van der Waals surface area contributed by atoms with Crippen molar-refractivity contribution in [1.82, 2.24) is 4.98 Å². The number of benzene rings is 3. The van der Waals surface area contributed by atoms with Crippen molar-refractivity contribution in [1.29, 1.82) is 0 Å². The van der Waals surface area contributed by atoms with Gasteiger partial charge in [-0.05, 0) is 49.2 Å². The minimum atomic E-state index is -3.71. The first-order valence-corrected chi connectivity index (χ1v) is 12.2. The number of aryl methyl sites for hydroxylation is 2. The summed E-state index contributed by atoms with van der Waals surface area (Å²) < 4.78 is 28.1. The summed E-state index contributed by atoms with van der Waals surface area (Å²) in [6, 6.07) is 21.1. The van der Waals surface area contributed by atoms with E-state index in [-0.39, 0.29) is 10.7 Å². The van der Waals surface area contributed by atoms with Crippen molar-refractivity contribution in [2.75, 3.05) is 10.0 Å². The standard InChI is InChI=1S/C24H21N3O3S2/c1-16-8-3-5-12-20(16)23(28)21-15-25-24(31-21)26-18-10-7-11-19(14-18)27-32(29,30)22-13-6-4-9-17(22)2/h3-15,27H,1-2H3,(H,25,26). The van der Waals surface area contributed by atoms with Gasteiger partial charge in [0.2, 0.25) is 5.78 Å². The minimum Gasteiger partial charge on any atom is -0.331 e. The number of aromatic nitrogens is 1. The predicted octanol–water partition coefficient (Wildman–Crippen LogP) is 5.54. The van der Waals surface area contributed by atoms with Crippen LogP contribution in [0.1, 0.15) is 26.4 Å². The minimum absolute atomic E-state index is 0.0756. The molecule has 0 fully saturated rings. The molecule has 1 aromatic heterocycles. The van der Waals surface area contributed by atoms with Crippen molar-refractivity contribution in [3.8, 4) is 0 Å². The van der Waals surface area contributed by atoms with Gasteiger partial charge < -0.3 is 5.32 Å². The maximum atomic E-state index is 12.8. The van der Waals surface area contributed by atoms with Crippen LogP contribution in [0.2, 0.25) is 0 Å². The number of nitrogens with zero attached hydrogens (tertiary/aromatic N) is 1. The summed E-state index contributed by atoms with van der Waals surface area (Å²) in [7, 11) is -3.71. The van der Waals surface area contributed by atoms with Crippen molar-refractivity contribution >= 4 is 43.6 Å². The fourth-order valence-corrected chi connectivity index (χ4v) is 5.34. The lowest BCUT2D eigenvalue weighted by molar-refractivity contribution is 0.104. The van der Waals surface area contributed by atoms with Crippen LogP contribution in [0.15, 0.2) is 83.9 Å². The molecule has 0 unspecified atom stereocenters. The van der Waals surface area contributed by atoms with Gasteiger partial charge in [0.15, 0.2) is 5.13 Å². The Kier molecular flexibility index (Phi) is 6.07. The number of ketones is 1. The molecular formula is C24H21N3O3S2. The normalized spacial score (nSPS) is 11.2. The first kappa shape index (κ1) is 21.7. The zero-order chi connectivity index (χ0) is 22.7. The molecule has 2 N–H and O–H groups in total. The van der Waals surface area contributed by atoms with E-state index in [4.69, 9.17) is 0 Å². The van der Waals surface area contributed by atoms with Crippen LogP contribution in [-0.4, -0.2) is 19.2 Å². The second kappa shape index (κ2) is 8.94. The lowest BCUT2D eigenvalue weighted by Gasteiger charge is -2.11.